The Kier molecular flexibility index (Phi) is 2.23. The Morgan fingerprint density at radius 3 is 2.00 bits per heavy atom. The van der Waals surface area contributed by atoms with Gasteiger partial charge in [0.25, 0.3) is 0 Å². The molecule has 0 heterocycles. The Morgan fingerprint density at radius 1 is 1.83 bits per heavy atom. The molecular weight excluding hydrogens is 129 g/mol. The van der Waals surface area contributed by atoms with E-state index in [1.807, 2.05) is 0 Å². The predicted octanol–water partition coefficient (Wildman–Crippen LogP) is 1.19. The van der Waals surface area contributed by atoms with Crippen LogP contribution in [0.3, 0.4) is 0 Å². The van der Waals surface area contributed by atoms with Crippen LogP contribution in [0.25, 0.3) is 0 Å². The SMILES string of the molecule is O=C(Cl)N(O)Cl. The van der Waals surface area contributed by atoms with Crippen LogP contribution in [-0.4, -0.2) is 15.2 Å². The fourth-order valence-corrected chi connectivity index (χ4v) is 0. The third-order valence-electron chi connectivity index (χ3n) is 0.145. The minimum Gasteiger partial charge on any atom is -0.269 e. The zero-order valence-electron chi connectivity index (χ0n) is 2.56. The minimum absolute atomic E-state index is 0.235. The van der Waals surface area contributed by atoms with Crippen LogP contribution in [0.5, 0.6) is 0 Å². The lowest BCUT2D eigenvalue weighted by molar-refractivity contribution is 0.0571. The molecule has 0 aromatic rings. The van der Waals surface area contributed by atoms with E-state index in [1.54, 1.807) is 0 Å². The summed E-state index contributed by atoms with van der Waals surface area (Å²) in [4.78, 5) is 9.45. The van der Waals surface area contributed by atoms with Crippen LogP contribution >= 0.6 is 23.4 Å². The van der Waals surface area contributed by atoms with E-state index in [9.17, 15) is 4.79 Å². The highest BCUT2D eigenvalue weighted by molar-refractivity contribution is 6.65. The zero-order valence-corrected chi connectivity index (χ0v) is 4.07. The Balaban J connectivity index is 3.26. The monoisotopic (exact) mass is 129 g/mol. The molecule has 0 aliphatic heterocycles. The van der Waals surface area contributed by atoms with E-state index in [0.29, 0.717) is 0 Å². The van der Waals surface area contributed by atoms with Crippen molar-refractivity contribution in [3.8, 4) is 0 Å². The zero-order chi connectivity index (χ0) is 5.15. The van der Waals surface area contributed by atoms with Crippen LogP contribution < -0.4 is 0 Å². The number of hydrogen-bond donors (Lipinski definition) is 1. The maximum absolute atomic E-state index is 9.45. The second-order valence-corrected chi connectivity index (χ2v) is 1.16. The normalized spacial score (nSPS) is 7.83. The number of hydrogen-bond acceptors (Lipinski definition) is 2. The summed E-state index contributed by atoms with van der Waals surface area (Å²) < 4.78 is -0.235. The van der Waals surface area contributed by atoms with Crippen molar-refractivity contribution in [3.63, 3.8) is 0 Å². The summed E-state index contributed by atoms with van der Waals surface area (Å²) in [5.41, 5.74) is 0. The van der Waals surface area contributed by atoms with Gasteiger partial charge in [-0.1, -0.05) is 0 Å². The van der Waals surface area contributed by atoms with E-state index in [0.717, 1.165) is 0 Å². The molecule has 0 aliphatic carbocycles. The number of rotatable bonds is 0. The lowest BCUT2D eigenvalue weighted by Gasteiger charge is -1.92. The van der Waals surface area contributed by atoms with Crippen molar-refractivity contribution in [2.75, 3.05) is 0 Å². The third kappa shape index (κ3) is 2.26. The highest BCUT2D eigenvalue weighted by Crippen LogP contribution is 1.92. The van der Waals surface area contributed by atoms with Crippen LogP contribution in [-0.2, 0) is 0 Å². The molecule has 5 heteroatoms. The van der Waals surface area contributed by atoms with Crippen molar-refractivity contribution < 1.29 is 10.0 Å². The van der Waals surface area contributed by atoms with Crippen molar-refractivity contribution in [1.29, 1.82) is 0 Å². The van der Waals surface area contributed by atoms with Gasteiger partial charge in [0.1, 0.15) is 0 Å². The average Bonchev–Trinajstić information content (AvgIpc) is 1.36. The second kappa shape index (κ2) is 2.23. The van der Waals surface area contributed by atoms with Crippen molar-refractivity contribution in [2.24, 2.45) is 0 Å². The first kappa shape index (κ1) is 6.01. The summed E-state index contributed by atoms with van der Waals surface area (Å²) in [7, 11) is 0. The van der Waals surface area contributed by atoms with Gasteiger partial charge in [-0.2, -0.15) is 0 Å². The van der Waals surface area contributed by atoms with Gasteiger partial charge >= 0.3 is 5.37 Å². The Labute approximate surface area is 44.1 Å². The molecule has 0 aromatic heterocycles. The second-order valence-electron chi connectivity index (χ2n) is 0.513. The Bertz CT molecular complexity index is 62.6. The number of carbonyl (C=O) groups is 1. The summed E-state index contributed by atoms with van der Waals surface area (Å²) in [6.45, 7) is 0. The fraction of sp³-hybridized carbons (Fsp3) is 0. The molecule has 0 saturated carbocycles. The van der Waals surface area contributed by atoms with Gasteiger partial charge in [0.15, 0.2) is 0 Å². The molecule has 0 rings (SSSR count). The van der Waals surface area contributed by atoms with Gasteiger partial charge < -0.3 is 0 Å². The Morgan fingerprint density at radius 2 is 2.00 bits per heavy atom. The summed E-state index contributed by atoms with van der Waals surface area (Å²) in [5, 5.41) is 6.63. The van der Waals surface area contributed by atoms with E-state index < -0.39 is 5.37 Å². The average molecular weight is 130 g/mol. The summed E-state index contributed by atoms with van der Waals surface area (Å²) in [5.74, 6) is 0. The quantitative estimate of drug-likeness (QED) is 0.176. The third-order valence-corrected chi connectivity index (χ3v) is 0.545. The first-order chi connectivity index (χ1) is 2.64. The molecule has 1 N–H and O–H groups in total. The van der Waals surface area contributed by atoms with Crippen LogP contribution in [0, 0.1) is 0 Å². The molecule has 0 bridgehead atoms. The summed E-state index contributed by atoms with van der Waals surface area (Å²) in [6, 6.07) is 0. The van der Waals surface area contributed by atoms with Gasteiger partial charge in [0.2, 0.25) is 0 Å². The van der Waals surface area contributed by atoms with Gasteiger partial charge in [0.05, 0.1) is 0 Å². The molecule has 0 aromatic carbocycles. The maximum atomic E-state index is 9.45. The van der Waals surface area contributed by atoms with Gasteiger partial charge in [0, 0.05) is 11.8 Å². The number of carbonyl (C=O) groups excluding carboxylic acids is 1. The van der Waals surface area contributed by atoms with Gasteiger partial charge in [-0.05, 0) is 11.6 Å². The number of amides is 1. The number of halogens is 2. The highest BCUT2D eigenvalue weighted by Gasteiger charge is 1.98. The lowest BCUT2D eigenvalue weighted by Crippen LogP contribution is -2.06. The maximum Gasteiger partial charge on any atom is 0.355 e. The predicted molar refractivity (Wildman–Crippen MR) is 20.7 cm³/mol. The van der Waals surface area contributed by atoms with E-state index >= 15 is 0 Å². The Hall–Kier alpha value is 0.01000. The van der Waals surface area contributed by atoms with E-state index in [4.69, 9.17) is 5.21 Å². The van der Waals surface area contributed by atoms with Gasteiger partial charge in [-0.25, -0.2) is 0 Å². The van der Waals surface area contributed by atoms with Crippen molar-refractivity contribution in [1.82, 2.24) is 4.58 Å². The standard InChI is InChI=1S/CHCl2NO2/c2-1(5)4(3)6/h6H. The summed E-state index contributed by atoms with van der Waals surface area (Å²) >= 11 is 9.04. The molecule has 0 fully saturated rings. The van der Waals surface area contributed by atoms with Crippen LogP contribution in [0.15, 0.2) is 0 Å². The van der Waals surface area contributed by atoms with E-state index in [-0.39, 0.29) is 4.58 Å². The first-order valence-corrected chi connectivity index (χ1v) is 1.70. The highest BCUT2D eigenvalue weighted by atomic mass is 35.5. The largest absolute Gasteiger partial charge is 0.355 e. The summed E-state index contributed by atoms with van der Waals surface area (Å²) in [6.07, 6.45) is 0. The molecule has 0 unspecified atom stereocenters. The fourth-order valence-electron chi connectivity index (χ4n) is 0. The molecule has 36 valence electrons. The van der Waals surface area contributed by atoms with E-state index in [2.05, 4.69) is 23.4 Å². The van der Waals surface area contributed by atoms with Crippen molar-refractivity contribution >= 4 is 28.7 Å². The minimum atomic E-state index is -1.11. The number of hydroxylamine groups is 1. The smallest absolute Gasteiger partial charge is 0.269 e. The molecule has 0 atom stereocenters. The molecular formula is CHCl2NO2. The molecule has 6 heavy (non-hydrogen) atoms. The lowest BCUT2D eigenvalue weighted by atomic mass is 11.4. The molecule has 0 aliphatic rings. The van der Waals surface area contributed by atoms with Gasteiger partial charge in [-0.15, -0.1) is 4.58 Å². The van der Waals surface area contributed by atoms with Crippen LogP contribution in [0.2, 0.25) is 0 Å². The molecule has 3 nitrogen and oxygen atoms in total. The topological polar surface area (TPSA) is 40.5 Å². The molecule has 0 saturated heterocycles. The molecule has 0 radical (unpaired) electrons. The molecule has 0 spiro atoms. The van der Waals surface area contributed by atoms with Crippen molar-refractivity contribution in [3.05, 3.63) is 0 Å². The van der Waals surface area contributed by atoms with Crippen LogP contribution in [0.1, 0.15) is 0 Å². The van der Waals surface area contributed by atoms with Crippen molar-refractivity contribution in [2.45, 2.75) is 0 Å². The number of nitrogens with zero attached hydrogens (tertiary/aromatic N) is 1. The molecule has 1 amide bonds. The van der Waals surface area contributed by atoms with E-state index in [1.165, 1.54) is 0 Å². The van der Waals surface area contributed by atoms with Gasteiger partial charge in [-0.3, -0.25) is 10.0 Å². The van der Waals surface area contributed by atoms with Crippen LogP contribution in [0.4, 0.5) is 4.79 Å². The first-order valence-electron chi connectivity index (χ1n) is 0.986.